The Morgan fingerprint density at radius 2 is 1.94 bits per heavy atom. The van der Waals surface area contributed by atoms with Gasteiger partial charge in [-0.1, -0.05) is 39.7 Å². The lowest BCUT2D eigenvalue weighted by atomic mass is 10.0. The first-order valence-electron chi connectivity index (χ1n) is 5.24. The highest BCUT2D eigenvalue weighted by Crippen LogP contribution is 2.21. The Morgan fingerprint density at radius 1 is 1.18 bits per heavy atom. The molecule has 0 unspecified atom stereocenters. The number of ketones is 1. The Morgan fingerprint density at radius 3 is 2.65 bits per heavy atom. The molecule has 0 aliphatic carbocycles. The van der Waals surface area contributed by atoms with Crippen molar-refractivity contribution in [2.24, 2.45) is 0 Å². The summed E-state index contributed by atoms with van der Waals surface area (Å²) in [5.41, 5.74) is 8.58. The fourth-order valence-electron chi connectivity index (χ4n) is 1.67. The summed E-state index contributed by atoms with van der Waals surface area (Å²) in [6.45, 7) is 1.96. The molecule has 17 heavy (non-hydrogen) atoms. The minimum atomic E-state index is -0.0486. The summed E-state index contributed by atoms with van der Waals surface area (Å²) in [5.74, 6) is -0.0486. The van der Waals surface area contributed by atoms with Crippen LogP contribution in [-0.4, -0.2) is 5.78 Å². The Kier molecular flexibility index (Phi) is 3.29. The van der Waals surface area contributed by atoms with Crippen LogP contribution >= 0.6 is 15.9 Å². The van der Waals surface area contributed by atoms with Crippen molar-refractivity contribution < 1.29 is 4.79 Å². The van der Waals surface area contributed by atoms with Gasteiger partial charge in [-0.3, -0.25) is 4.79 Å². The fourth-order valence-corrected chi connectivity index (χ4v) is 2.03. The zero-order valence-corrected chi connectivity index (χ0v) is 11.0. The van der Waals surface area contributed by atoms with E-state index in [2.05, 4.69) is 15.9 Å². The maximum absolute atomic E-state index is 12.3. The second kappa shape index (κ2) is 4.72. The number of hydrogen-bond acceptors (Lipinski definition) is 2. The first-order chi connectivity index (χ1) is 8.08. The van der Waals surface area contributed by atoms with Crippen molar-refractivity contribution in [2.75, 3.05) is 5.73 Å². The Hall–Kier alpha value is -1.61. The molecule has 0 saturated carbocycles. The van der Waals surface area contributed by atoms with Gasteiger partial charge in [0.25, 0.3) is 0 Å². The molecule has 0 saturated heterocycles. The van der Waals surface area contributed by atoms with Crippen LogP contribution in [0.1, 0.15) is 21.5 Å². The van der Waals surface area contributed by atoms with Crippen LogP contribution in [0.2, 0.25) is 0 Å². The van der Waals surface area contributed by atoms with Crippen LogP contribution in [0.5, 0.6) is 0 Å². The predicted molar refractivity (Wildman–Crippen MR) is 73.2 cm³/mol. The highest BCUT2D eigenvalue weighted by atomic mass is 79.9. The molecule has 2 rings (SSSR count). The van der Waals surface area contributed by atoms with Crippen LogP contribution in [0.15, 0.2) is 46.9 Å². The molecular formula is C14H12BrNO. The van der Waals surface area contributed by atoms with E-state index in [9.17, 15) is 4.79 Å². The van der Waals surface area contributed by atoms with Gasteiger partial charge in [0.1, 0.15) is 0 Å². The van der Waals surface area contributed by atoms with E-state index < -0.39 is 0 Å². The van der Waals surface area contributed by atoms with E-state index in [4.69, 9.17) is 5.73 Å². The van der Waals surface area contributed by atoms with Crippen molar-refractivity contribution in [1.82, 2.24) is 0 Å². The molecule has 0 bridgehead atoms. The van der Waals surface area contributed by atoms with Crippen molar-refractivity contribution in [3.63, 3.8) is 0 Å². The zero-order valence-electron chi connectivity index (χ0n) is 9.41. The highest BCUT2D eigenvalue weighted by molar-refractivity contribution is 9.10. The number of rotatable bonds is 2. The monoisotopic (exact) mass is 289 g/mol. The molecule has 86 valence electrons. The van der Waals surface area contributed by atoms with E-state index in [0.717, 1.165) is 10.0 Å². The second-order valence-corrected chi connectivity index (χ2v) is 4.85. The number of halogens is 1. The van der Waals surface area contributed by atoms with E-state index >= 15 is 0 Å². The molecule has 2 aromatic rings. The summed E-state index contributed by atoms with van der Waals surface area (Å²) in [5, 5.41) is 0. The number of carbonyl (C=O) groups excluding carboxylic acids is 1. The van der Waals surface area contributed by atoms with Gasteiger partial charge in [0.05, 0.1) is 0 Å². The smallest absolute Gasteiger partial charge is 0.195 e. The molecule has 0 aliphatic rings. The molecule has 0 fully saturated rings. The van der Waals surface area contributed by atoms with Gasteiger partial charge in [-0.15, -0.1) is 0 Å². The van der Waals surface area contributed by atoms with Crippen LogP contribution in [0.4, 0.5) is 5.69 Å². The lowest BCUT2D eigenvalue weighted by molar-refractivity contribution is 0.103. The van der Waals surface area contributed by atoms with Crippen molar-refractivity contribution >= 4 is 27.4 Å². The first-order valence-corrected chi connectivity index (χ1v) is 6.03. The van der Waals surface area contributed by atoms with Crippen LogP contribution in [0.25, 0.3) is 0 Å². The first kappa shape index (κ1) is 11.9. The fraction of sp³-hybridized carbons (Fsp3) is 0.0714. The minimum absolute atomic E-state index is 0.0486. The molecular weight excluding hydrogens is 278 g/mol. The largest absolute Gasteiger partial charge is 0.398 e. The molecule has 2 aromatic carbocycles. The lowest BCUT2D eigenvalue weighted by Gasteiger charge is -2.06. The highest BCUT2D eigenvalue weighted by Gasteiger charge is 2.12. The SMILES string of the molecule is Cc1cccc(C(=O)c2cc(Br)ccc2N)c1. The number of nitrogens with two attached hydrogens (primary N) is 1. The van der Waals surface area contributed by atoms with Gasteiger partial charge in [-0.05, 0) is 31.2 Å². The van der Waals surface area contributed by atoms with Crippen molar-refractivity contribution in [3.05, 3.63) is 63.6 Å². The average molecular weight is 290 g/mol. The molecule has 0 amide bonds. The molecule has 2 nitrogen and oxygen atoms in total. The topological polar surface area (TPSA) is 43.1 Å². The third-order valence-corrected chi connectivity index (χ3v) is 3.03. The number of carbonyl (C=O) groups is 1. The lowest BCUT2D eigenvalue weighted by Crippen LogP contribution is -2.05. The van der Waals surface area contributed by atoms with Gasteiger partial charge in [0, 0.05) is 21.3 Å². The summed E-state index contributed by atoms with van der Waals surface area (Å²) in [4.78, 5) is 12.3. The molecule has 3 heteroatoms. The Bertz CT molecular complexity index is 578. The quantitative estimate of drug-likeness (QED) is 0.678. The van der Waals surface area contributed by atoms with Crippen LogP contribution < -0.4 is 5.73 Å². The van der Waals surface area contributed by atoms with Crippen molar-refractivity contribution in [1.29, 1.82) is 0 Å². The van der Waals surface area contributed by atoms with Crippen LogP contribution in [-0.2, 0) is 0 Å². The maximum Gasteiger partial charge on any atom is 0.195 e. The van der Waals surface area contributed by atoms with E-state index in [1.54, 1.807) is 18.2 Å². The van der Waals surface area contributed by atoms with Gasteiger partial charge < -0.3 is 5.73 Å². The molecule has 2 N–H and O–H groups in total. The van der Waals surface area contributed by atoms with E-state index in [0.29, 0.717) is 16.8 Å². The number of aryl methyl sites for hydroxylation is 1. The zero-order chi connectivity index (χ0) is 12.4. The van der Waals surface area contributed by atoms with Crippen molar-refractivity contribution in [3.8, 4) is 0 Å². The Labute approximate surface area is 109 Å². The third-order valence-electron chi connectivity index (χ3n) is 2.54. The molecule has 0 atom stereocenters. The van der Waals surface area contributed by atoms with E-state index in [-0.39, 0.29) is 5.78 Å². The number of hydrogen-bond donors (Lipinski definition) is 1. The Balaban J connectivity index is 2.47. The summed E-state index contributed by atoms with van der Waals surface area (Å²) in [6, 6.07) is 12.8. The molecule has 0 aromatic heterocycles. The summed E-state index contributed by atoms with van der Waals surface area (Å²) >= 11 is 3.34. The molecule has 0 heterocycles. The standard InChI is InChI=1S/C14H12BrNO/c1-9-3-2-4-10(7-9)14(17)12-8-11(15)5-6-13(12)16/h2-8H,16H2,1H3. The maximum atomic E-state index is 12.3. The predicted octanol–water partition coefficient (Wildman–Crippen LogP) is 3.57. The minimum Gasteiger partial charge on any atom is -0.398 e. The van der Waals surface area contributed by atoms with E-state index in [1.807, 2.05) is 31.2 Å². The summed E-state index contributed by atoms with van der Waals surface area (Å²) in [7, 11) is 0. The number of benzene rings is 2. The van der Waals surface area contributed by atoms with Gasteiger partial charge >= 0.3 is 0 Å². The molecule has 0 spiro atoms. The summed E-state index contributed by atoms with van der Waals surface area (Å²) in [6.07, 6.45) is 0. The number of nitrogen functional groups attached to an aromatic ring is 1. The number of anilines is 1. The molecule has 0 radical (unpaired) electrons. The van der Waals surface area contributed by atoms with Gasteiger partial charge in [0.15, 0.2) is 5.78 Å². The van der Waals surface area contributed by atoms with Crippen molar-refractivity contribution in [2.45, 2.75) is 6.92 Å². The van der Waals surface area contributed by atoms with E-state index in [1.165, 1.54) is 0 Å². The van der Waals surface area contributed by atoms with Gasteiger partial charge in [0.2, 0.25) is 0 Å². The second-order valence-electron chi connectivity index (χ2n) is 3.93. The van der Waals surface area contributed by atoms with Gasteiger partial charge in [-0.25, -0.2) is 0 Å². The summed E-state index contributed by atoms with van der Waals surface area (Å²) < 4.78 is 0.850. The van der Waals surface area contributed by atoms with Crippen LogP contribution in [0, 0.1) is 6.92 Å². The average Bonchev–Trinajstić information content (AvgIpc) is 2.31. The van der Waals surface area contributed by atoms with Crippen LogP contribution in [0.3, 0.4) is 0 Å². The third kappa shape index (κ3) is 2.56. The molecule has 0 aliphatic heterocycles. The normalized spacial score (nSPS) is 10.2. The van der Waals surface area contributed by atoms with Gasteiger partial charge in [-0.2, -0.15) is 0 Å².